The maximum atomic E-state index is 9.57. The van der Waals surface area contributed by atoms with E-state index >= 15 is 0 Å². The van der Waals surface area contributed by atoms with Crippen molar-refractivity contribution in [2.45, 2.75) is 6.10 Å². The molecule has 5 heteroatoms. The zero-order valence-corrected chi connectivity index (χ0v) is 9.42. The van der Waals surface area contributed by atoms with Crippen molar-refractivity contribution in [1.29, 1.82) is 5.26 Å². The Labute approximate surface area is 94.9 Å². The zero-order valence-electron chi connectivity index (χ0n) is 9.42. The summed E-state index contributed by atoms with van der Waals surface area (Å²) in [5.74, 6) is 0.570. The lowest BCUT2D eigenvalue weighted by Crippen LogP contribution is -2.32. The van der Waals surface area contributed by atoms with Crippen molar-refractivity contribution in [2.24, 2.45) is 0 Å². The van der Waals surface area contributed by atoms with Crippen molar-refractivity contribution in [1.82, 2.24) is 4.98 Å². The second-order valence-electron chi connectivity index (χ2n) is 3.48. The van der Waals surface area contributed by atoms with Crippen molar-refractivity contribution in [2.75, 3.05) is 32.2 Å². The Morgan fingerprint density at radius 2 is 2.44 bits per heavy atom. The largest absolute Gasteiger partial charge is 0.389 e. The van der Waals surface area contributed by atoms with Gasteiger partial charge in [0.1, 0.15) is 11.9 Å². The van der Waals surface area contributed by atoms with E-state index in [1.165, 1.54) is 7.11 Å². The van der Waals surface area contributed by atoms with Crippen LogP contribution in [0.15, 0.2) is 18.3 Å². The first-order valence-corrected chi connectivity index (χ1v) is 4.92. The number of aliphatic hydroxyl groups excluding tert-OH is 1. The number of rotatable bonds is 5. The number of aliphatic hydroxyl groups is 1. The summed E-state index contributed by atoms with van der Waals surface area (Å²) in [5.41, 5.74) is 0.495. The molecule has 0 saturated heterocycles. The minimum Gasteiger partial charge on any atom is -0.389 e. The maximum Gasteiger partial charge on any atom is 0.146 e. The van der Waals surface area contributed by atoms with Crippen molar-refractivity contribution in [3.63, 3.8) is 0 Å². The molecule has 1 atom stereocenters. The van der Waals surface area contributed by atoms with E-state index in [1.54, 1.807) is 30.3 Å². The van der Waals surface area contributed by atoms with Crippen LogP contribution in [0, 0.1) is 11.3 Å². The molecule has 1 aromatic heterocycles. The molecule has 1 heterocycles. The summed E-state index contributed by atoms with van der Waals surface area (Å²) >= 11 is 0. The van der Waals surface area contributed by atoms with Gasteiger partial charge in [0, 0.05) is 26.9 Å². The average molecular weight is 221 g/mol. The van der Waals surface area contributed by atoms with Crippen molar-refractivity contribution >= 4 is 5.82 Å². The van der Waals surface area contributed by atoms with Crippen molar-refractivity contribution in [3.8, 4) is 6.07 Å². The van der Waals surface area contributed by atoms with Crippen LogP contribution >= 0.6 is 0 Å². The third-order valence-corrected chi connectivity index (χ3v) is 2.11. The number of methoxy groups -OCH3 is 1. The zero-order chi connectivity index (χ0) is 12.0. The van der Waals surface area contributed by atoms with E-state index in [1.807, 2.05) is 0 Å². The normalized spacial score (nSPS) is 11.9. The maximum absolute atomic E-state index is 9.57. The fraction of sp³-hybridized carbons (Fsp3) is 0.455. The van der Waals surface area contributed by atoms with E-state index in [0.717, 1.165) is 0 Å². The van der Waals surface area contributed by atoms with E-state index < -0.39 is 6.10 Å². The van der Waals surface area contributed by atoms with Gasteiger partial charge in [-0.1, -0.05) is 0 Å². The van der Waals surface area contributed by atoms with Gasteiger partial charge in [0.25, 0.3) is 0 Å². The number of likely N-dealkylation sites (N-methyl/N-ethyl adjacent to an activating group) is 1. The molecule has 1 aromatic rings. The summed E-state index contributed by atoms with van der Waals surface area (Å²) in [6, 6.07) is 5.47. The SMILES string of the molecule is COCC(O)CN(C)c1ncccc1C#N. The number of nitrogens with zero attached hydrogens (tertiary/aromatic N) is 3. The smallest absolute Gasteiger partial charge is 0.146 e. The summed E-state index contributed by atoms with van der Waals surface area (Å²) in [4.78, 5) is 5.85. The molecule has 0 radical (unpaired) electrons. The molecule has 86 valence electrons. The Morgan fingerprint density at radius 3 is 3.06 bits per heavy atom. The summed E-state index contributed by atoms with van der Waals surface area (Å²) < 4.78 is 4.83. The molecule has 0 saturated carbocycles. The highest BCUT2D eigenvalue weighted by Gasteiger charge is 2.12. The third kappa shape index (κ3) is 3.19. The van der Waals surface area contributed by atoms with Gasteiger partial charge in [-0.25, -0.2) is 4.98 Å². The number of anilines is 1. The Morgan fingerprint density at radius 1 is 1.69 bits per heavy atom. The first-order chi connectivity index (χ1) is 7.69. The number of ether oxygens (including phenoxy) is 1. The van der Waals surface area contributed by atoms with E-state index in [-0.39, 0.29) is 6.61 Å². The van der Waals surface area contributed by atoms with Crippen LogP contribution in [0.2, 0.25) is 0 Å². The van der Waals surface area contributed by atoms with E-state index in [9.17, 15) is 5.11 Å². The van der Waals surface area contributed by atoms with Crippen molar-refractivity contribution in [3.05, 3.63) is 23.9 Å². The highest BCUT2D eigenvalue weighted by Crippen LogP contribution is 2.14. The first-order valence-electron chi connectivity index (χ1n) is 4.92. The second-order valence-corrected chi connectivity index (χ2v) is 3.48. The topological polar surface area (TPSA) is 69.4 Å². The summed E-state index contributed by atoms with van der Waals surface area (Å²) in [7, 11) is 3.31. The first kappa shape index (κ1) is 12.4. The predicted molar refractivity (Wildman–Crippen MR) is 60.1 cm³/mol. The minimum absolute atomic E-state index is 0.263. The molecular formula is C11H15N3O2. The van der Waals surface area contributed by atoms with Gasteiger partial charge in [0.15, 0.2) is 0 Å². The summed E-state index contributed by atoms with van der Waals surface area (Å²) in [5, 5.41) is 18.5. The minimum atomic E-state index is -0.594. The molecule has 0 amide bonds. The van der Waals surface area contributed by atoms with Crippen LogP contribution in [-0.2, 0) is 4.74 Å². The molecule has 0 spiro atoms. The number of nitriles is 1. The quantitative estimate of drug-likeness (QED) is 0.779. The molecule has 1 unspecified atom stereocenters. The predicted octanol–water partition coefficient (Wildman–Crippen LogP) is 0.397. The Bertz CT molecular complexity index is 376. The molecule has 1 N–H and O–H groups in total. The van der Waals surface area contributed by atoms with Crippen LogP contribution in [-0.4, -0.2) is 43.5 Å². The van der Waals surface area contributed by atoms with Gasteiger partial charge in [0.2, 0.25) is 0 Å². The average Bonchev–Trinajstić information content (AvgIpc) is 2.29. The molecule has 16 heavy (non-hydrogen) atoms. The van der Waals surface area contributed by atoms with E-state index in [4.69, 9.17) is 10.00 Å². The Hall–Kier alpha value is -1.64. The molecule has 0 bridgehead atoms. The monoisotopic (exact) mass is 221 g/mol. The highest BCUT2D eigenvalue weighted by atomic mass is 16.5. The molecule has 0 aliphatic heterocycles. The summed E-state index contributed by atoms with van der Waals surface area (Å²) in [6.07, 6.45) is 1.03. The fourth-order valence-electron chi connectivity index (χ4n) is 1.44. The van der Waals surface area contributed by atoms with Crippen LogP contribution in [0.1, 0.15) is 5.56 Å². The lowest BCUT2D eigenvalue weighted by Gasteiger charge is -2.21. The van der Waals surface area contributed by atoms with Gasteiger partial charge in [-0.15, -0.1) is 0 Å². The third-order valence-electron chi connectivity index (χ3n) is 2.11. The second kappa shape index (κ2) is 6.05. The van der Waals surface area contributed by atoms with Gasteiger partial charge >= 0.3 is 0 Å². The molecule has 0 aliphatic rings. The van der Waals surface area contributed by atoms with Crippen LogP contribution in [0.3, 0.4) is 0 Å². The summed E-state index contributed by atoms with van der Waals surface area (Å²) in [6.45, 7) is 0.637. The molecule has 0 fully saturated rings. The standard InChI is InChI=1S/C11H15N3O2/c1-14(7-10(15)8-16-2)11-9(6-12)4-3-5-13-11/h3-5,10,15H,7-8H2,1-2H3. The number of hydrogen-bond acceptors (Lipinski definition) is 5. The van der Waals surface area contributed by atoms with E-state index in [0.29, 0.717) is 17.9 Å². The molecule has 0 aliphatic carbocycles. The fourth-order valence-corrected chi connectivity index (χ4v) is 1.44. The molecular weight excluding hydrogens is 206 g/mol. The number of aromatic nitrogens is 1. The van der Waals surface area contributed by atoms with Crippen LogP contribution < -0.4 is 4.90 Å². The number of hydrogen-bond donors (Lipinski definition) is 1. The molecule has 0 aromatic carbocycles. The number of pyridine rings is 1. The Balaban J connectivity index is 2.73. The lowest BCUT2D eigenvalue weighted by molar-refractivity contribution is 0.0694. The van der Waals surface area contributed by atoms with Crippen molar-refractivity contribution < 1.29 is 9.84 Å². The van der Waals surface area contributed by atoms with Gasteiger partial charge in [-0.2, -0.15) is 5.26 Å². The van der Waals surface area contributed by atoms with Crippen LogP contribution in [0.5, 0.6) is 0 Å². The lowest BCUT2D eigenvalue weighted by atomic mass is 10.2. The highest BCUT2D eigenvalue weighted by molar-refractivity contribution is 5.52. The van der Waals surface area contributed by atoms with Gasteiger partial charge < -0.3 is 14.7 Å². The van der Waals surface area contributed by atoms with Gasteiger partial charge in [-0.3, -0.25) is 0 Å². The van der Waals surface area contributed by atoms with E-state index in [2.05, 4.69) is 11.1 Å². The molecule has 1 rings (SSSR count). The van der Waals surface area contributed by atoms with Crippen LogP contribution in [0.4, 0.5) is 5.82 Å². The van der Waals surface area contributed by atoms with Gasteiger partial charge in [-0.05, 0) is 12.1 Å². The van der Waals surface area contributed by atoms with Gasteiger partial charge in [0.05, 0.1) is 18.3 Å². The molecule has 5 nitrogen and oxygen atoms in total. The Kier molecular flexibility index (Phi) is 4.70. The van der Waals surface area contributed by atoms with Crippen LogP contribution in [0.25, 0.3) is 0 Å².